The minimum atomic E-state index is -0.415. The number of rotatable bonds is 5. The molecule has 3 rings (SSSR count). The third-order valence-corrected chi connectivity index (χ3v) is 5.92. The number of benzene rings is 2. The molecule has 0 saturated heterocycles. The molecule has 0 radical (unpaired) electrons. The Balaban J connectivity index is 1.74. The Bertz CT molecular complexity index is 771. The molecule has 2 aromatic rings. The van der Waals surface area contributed by atoms with Crippen LogP contribution in [0.15, 0.2) is 57.9 Å². The van der Waals surface area contributed by atoms with Gasteiger partial charge < -0.3 is 10.1 Å². The number of halogens is 1. The number of nitrogens with one attached hydrogen (secondary N) is 1. The summed E-state index contributed by atoms with van der Waals surface area (Å²) in [4.78, 5) is 25.7. The average molecular weight is 420 g/mol. The number of methoxy groups -OCH3 is 1. The van der Waals surface area contributed by atoms with Gasteiger partial charge in [0, 0.05) is 9.37 Å². The van der Waals surface area contributed by atoms with Crippen LogP contribution in [0, 0.1) is 0 Å². The molecule has 6 heteroatoms. The first-order chi connectivity index (χ1) is 12.1. The molecule has 1 heterocycles. The molecule has 0 aliphatic carbocycles. The molecule has 2 unspecified atom stereocenters. The summed E-state index contributed by atoms with van der Waals surface area (Å²) in [7, 11) is 1.35. The quantitative estimate of drug-likeness (QED) is 0.746. The van der Waals surface area contributed by atoms with E-state index in [-0.39, 0.29) is 23.5 Å². The Kier molecular flexibility index (Phi) is 5.81. The summed E-state index contributed by atoms with van der Waals surface area (Å²) in [6, 6.07) is 15.2. The van der Waals surface area contributed by atoms with E-state index in [1.165, 1.54) is 12.7 Å². The van der Waals surface area contributed by atoms with E-state index >= 15 is 0 Å². The standard InChI is InChI=1S/C19H18BrNO3S/c1-24-18(22)11-15(12-6-4-7-14(20)9-12)21-19(23)17-10-13-5-2-3-8-16(13)25-17/h2-9,15,17H,10-11H2,1H3,(H,21,23). The van der Waals surface area contributed by atoms with Gasteiger partial charge in [0.15, 0.2) is 0 Å². The van der Waals surface area contributed by atoms with Crippen LogP contribution in [0.3, 0.4) is 0 Å². The smallest absolute Gasteiger partial charge is 0.307 e. The predicted octanol–water partition coefficient (Wildman–Crippen LogP) is 3.89. The fraction of sp³-hybridized carbons (Fsp3) is 0.263. The molecule has 2 atom stereocenters. The number of hydrogen-bond acceptors (Lipinski definition) is 4. The van der Waals surface area contributed by atoms with Crippen molar-refractivity contribution in [1.29, 1.82) is 0 Å². The second-order valence-electron chi connectivity index (χ2n) is 5.81. The first kappa shape index (κ1) is 18.0. The lowest BCUT2D eigenvalue weighted by molar-refractivity contribution is -0.141. The van der Waals surface area contributed by atoms with Crippen molar-refractivity contribution in [2.45, 2.75) is 29.0 Å². The number of fused-ring (bicyclic) bond motifs is 1. The van der Waals surface area contributed by atoms with Gasteiger partial charge in [-0.05, 0) is 35.7 Å². The van der Waals surface area contributed by atoms with Crippen LogP contribution in [-0.4, -0.2) is 24.2 Å². The normalized spacial score (nSPS) is 16.8. The molecule has 1 aliphatic heterocycles. The monoisotopic (exact) mass is 419 g/mol. The Labute approximate surface area is 159 Å². The Morgan fingerprint density at radius 2 is 2.08 bits per heavy atom. The molecule has 25 heavy (non-hydrogen) atoms. The van der Waals surface area contributed by atoms with Crippen molar-refractivity contribution in [2.75, 3.05) is 7.11 Å². The lowest BCUT2D eigenvalue weighted by atomic mass is 10.0. The summed E-state index contributed by atoms with van der Waals surface area (Å²) >= 11 is 5.00. The maximum absolute atomic E-state index is 12.8. The molecule has 2 aromatic carbocycles. The van der Waals surface area contributed by atoms with Crippen molar-refractivity contribution >= 4 is 39.6 Å². The first-order valence-electron chi connectivity index (χ1n) is 7.94. The van der Waals surface area contributed by atoms with Gasteiger partial charge in [-0.2, -0.15) is 0 Å². The van der Waals surface area contributed by atoms with Crippen LogP contribution in [0.1, 0.15) is 23.6 Å². The fourth-order valence-electron chi connectivity index (χ4n) is 2.82. The van der Waals surface area contributed by atoms with Crippen LogP contribution < -0.4 is 5.32 Å². The van der Waals surface area contributed by atoms with Gasteiger partial charge >= 0.3 is 5.97 Å². The summed E-state index contributed by atoms with van der Waals surface area (Å²) in [5, 5.41) is 2.84. The van der Waals surface area contributed by atoms with Gasteiger partial charge in [0.05, 0.1) is 24.8 Å². The third kappa shape index (κ3) is 4.44. The Morgan fingerprint density at radius 3 is 2.80 bits per heavy atom. The van der Waals surface area contributed by atoms with Gasteiger partial charge in [0.2, 0.25) is 5.91 Å². The van der Waals surface area contributed by atoms with E-state index in [0.29, 0.717) is 6.42 Å². The number of hydrogen-bond donors (Lipinski definition) is 1. The zero-order valence-electron chi connectivity index (χ0n) is 13.7. The van der Waals surface area contributed by atoms with Gasteiger partial charge in [0.25, 0.3) is 0 Å². The largest absolute Gasteiger partial charge is 0.469 e. The second kappa shape index (κ2) is 8.06. The molecular weight excluding hydrogens is 402 g/mol. The van der Waals surface area contributed by atoms with Crippen LogP contribution >= 0.6 is 27.7 Å². The number of carbonyl (C=O) groups is 2. The molecule has 4 nitrogen and oxygen atoms in total. The van der Waals surface area contributed by atoms with Gasteiger partial charge in [-0.1, -0.05) is 46.3 Å². The topological polar surface area (TPSA) is 55.4 Å². The summed E-state index contributed by atoms with van der Waals surface area (Å²) in [6.07, 6.45) is 0.805. The zero-order chi connectivity index (χ0) is 17.8. The molecule has 0 aromatic heterocycles. The summed E-state index contributed by atoms with van der Waals surface area (Å²) in [6.45, 7) is 0. The van der Waals surface area contributed by atoms with Crippen LogP contribution in [0.2, 0.25) is 0 Å². The molecular formula is C19H18BrNO3S. The van der Waals surface area contributed by atoms with Crippen LogP contribution in [0.4, 0.5) is 0 Å². The van der Waals surface area contributed by atoms with E-state index in [2.05, 4.69) is 27.3 Å². The average Bonchev–Trinajstić information content (AvgIpc) is 3.05. The van der Waals surface area contributed by atoms with Crippen LogP contribution in [-0.2, 0) is 20.7 Å². The van der Waals surface area contributed by atoms with Crippen LogP contribution in [0.25, 0.3) is 0 Å². The number of amides is 1. The molecule has 1 amide bonds. The Hall–Kier alpha value is -1.79. The van der Waals surface area contributed by atoms with Gasteiger partial charge in [-0.3, -0.25) is 9.59 Å². The lowest BCUT2D eigenvalue weighted by Crippen LogP contribution is -2.36. The van der Waals surface area contributed by atoms with Crippen LogP contribution in [0.5, 0.6) is 0 Å². The molecule has 0 fully saturated rings. The molecule has 1 aliphatic rings. The maximum Gasteiger partial charge on any atom is 0.307 e. The summed E-state index contributed by atoms with van der Waals surface area (Å²) in [5.41, 5.74) is 2.06. The highest BCUT2D eigenvalue weighted by Gasteiger charge is 2.30. The highest BCUT2D eigenvalue weighted by molar-refractivity contribution is 9.10. The van der Waals surface area contributed by atoms with Crippen molar-refractivity contribution in [3.63, 3.8) is 0 Å². The summed E-state index contributed by atoms with van der Waals surface area (Å²) < 4.78 is 5.68. The number of carbonyl (C=O) groups excluding carboxylic acids is 2. The van der Waals surface area contributed by atoms with E-state index < -0.39 is 6.04 Å². The van der Waals surface area contributed by atoms with Crippen molar-refractivity contribution in [3.05, 3.63) is 64.1 Å². The van der Waals surface area contributed by atoms with Gasteiger partial charge in [-0.15, -0.1) is 11.8 Å². The molecule has 0 spiro atoms. The van der Waals surface area contributed by atoms with Crippen molar-refractivity contribution in [3.8, 4) is 0 Å². The minimum Gasteiger partial charge on any atom is -0.469 e. The van der Waals surface area contributed by atoms with E-state index in [1.54, 1.807) is 11.8 Å². The molecule has 1 N–H and O–H groups in total. The first-order valence-corrected chi connectivity index (χ1v) is 9.61. The molecule has 0 saturated carbocycles. The number of esters is 1. The fourth-order valence-corrected chi connectivity index (χ4v) is 4.44. The third-order valence-electron chi connectivity index (χ3n) is 4.11. The summed E-state index contributed by atoms with van der Waals surface area (Å²) in [5.74, 6) is -0.414. The maximum atomic E-state index is 12.8. The Morgan fingerprint density at radius 1 is 1.28 bits per heavy atom. The van der Waals surface area contributed by atoms with Gasteiger partial charge in [0.1, 0.15) is 0 Å². The van der Waals surface area contributed by atoms with Crippen molar-refractivity contribution in [1.82, 2.24) is 5.32 Å². The highest BCUT2D eigenvalue weighted by Crippen LogP contribution is 2.37. The minimum absolute atomic E-state index is 0.0601. The van der Waals surface area contributed by atoms with Crippen molar-refractivity contribution in [2.24, 2.45) is 0 Å². The SMILES string of the molecule is COC(=O)CC(NC(=O)C1Cc2ccccc2S1)c1cccc(Br)c1. The number of thioether (sulfide) groups is 1. The van der Waals surface area contributed by atoms with Gasteiger partial charge in [-0.25, -0.2) is 0 Å². The number of ether oxygens (including phenoxy) is 1. The lowest BCUT2D eigenvalue weighted by Gasteiger charge is -2.20. The molecule has 0 bridgehead atoms. The van der Waals surface area contributed by atoms with Crippen molar-refractivity contribution < 1.29 is 14.3 Å². The highest BCUT2D eigenvalue weighted by atomic mass is 79.9. The van der Waals surface area contributed by atoms with E-state index in [1.807, 2.05) is 42.5 Å². The second-order valence-corrected chi connectivity index (χ2v) is 7.98. The predicted molar refractivity (Wildman–Crippen MR) is 101 cm³/mol. The van der Waals surface area contributed by atoms with E-state index in [9.17, 15) is 9.59 Å². The molecule has 130 valence electrons. The van der Waals surface area contributed by atoms with E-state index in [0.717, 1.165) is 14.9 Å². The van der Waals surface area contributed by atoms with E-state index in [4.69, 9.17) is 4.74 Å². The zero-order valence-corrected chi connectivity index (χ0v) is 16.1.